The van der Waals surface area contributed by atoms with E-state index < -0.39 is 8.32 Å². The molecule has 1 aromatic rings. The van der Waals surface area contributed by atoms with E-state index in [4.69, 9.17) is 14.7 Å². The number of amides is 1. The summed E-state index contributed by atoms with van der Waals surface area (Å²) in [7, 11) is -1.77. The summed E-state index contributed by atoms with van der Waals surface area (Å²) in [6, 6.07) is 9.24. The molecule has 1 heterocycles. The van der Waals surface area contributed by atoms with Gasteiger partial charge in [-0.05, 0) is 25.2 Å². The lowest BCUT2D eigenvalue weighted by atomic mass is 10.2. The standard InChI is InChI=1S/C15H23N4O3Si/c1-23(2,3)22-14-10-19(9-13(14)17-18-16)15(20)21-11-12-7-5-4-6-8-12/h4-8,13-14,16H,9-11H2,1-3H3/q+1/t13-,14-/m1/s1. The zero-order valence-electron chi connectivity index (χ0n) is 13.7. The molecule has 2 rings (SSSR count). The summed E-state index contributed by atoms with van der Waals surface area (Å²) in [5.41, 5.74) is 7.88. The van der Waals surface area contributed by atoms with Crippen molar-refractivity contribution in [1.82, 2.24) is 9.81 Å². The Morgan fingerprint density at radius 1 is 1.35 bits per heavy atom. The maximum Gasteiger partial charge on any atom is 0.410 e. The molecule has 1 N–H and O–H groups in total. The summed E-state index contributed by atoms with van der Waals surface area (Å²) in [4.78, 5) is 16.9. The van der Waals surface area contributed by atoms with Crippen LogP contribution in [-0.2, 0) is 15.8 Å². The number of benzene rings is 1. The molecule has 1 saturated heterocycles. The van der Waals surface area contributed by atoms with E-state index in [1.54, 1.807) is 4.90 Å². The molecule has 0 spiro atoms. The molecule has 124 valence electrons. The predicted molar refractivity (Wildman–Crippen MR) is 87.5 cm³/mol. The first kappa shape index (κ1) is 17.3. The molecule has 1 aromatic carbocycles. The van der Waals surface area contributed by atoms with Gasteiger partial charge in [-0.3, -0.25) is 0 Å². The van der Waals surface area contributed by atoms with Crippen LogP contribution in [0.4, 0.5) is 4.79 Å². The largest absolute Gasteiger partial charge is 0.445 e. The lowest BCUT2D eigenvalue weighted by molar-refractivity contribution is 0.0986. The highest BCUT2D eigenvalue weighted by molar-refractivity contribution is 6.69. The zero-order valence-corrected chi connectivity index (χ0v) is 14.7. The summed E-state index contributed by atoms with van der Waals surface area (Å²) in [5, 5.41) is 3.88. The van der Waals surface area contributed by atoms with Gasteiger partial charge in [0.1, 0.15) is 17.3 Å². The average molecular weight is 335 g/mol. The van der Waals surface area contributed by atoms with E-state index >= 15 is 0 Å². The van der Waals surface area contributed by atoms with E-state index in [2.05, 4.69) is 29.7 Å². The highest BCUT2D eigenvalue weighted by Gasteiger charge is 2.41. The van der Waals surface area contributed by atoms with Crippen LogP contribution in [0.1, 0.15) is 5.56 Å². The second-order valence-corrected chi connectivity index (χ2v) is 11.0. The maximum absolute atomic E-state index is 12.2. The van der Waals surface area contributed by atoms with Gasteiger partial charge in [0, 0.05) is 0 Å². The molecule has 7 nitrogen and oxygen atoms in total. The highest BCUT2D eigenvalue weighted by Crippen LogP contribution is 2.21. The number of ether oxygens (including phenoxy) is 1. The molecule has 1 fully saturated rings. The number of nitrogens with zero attached hydrogens (tertiary/aromatic N) is 3. The first-order valence-electron chi connectivity index (χ1n) is 7.59. The van der Waals surface area contributed by atoms with Crippen molar-refractivity contribution in [2.45, 2.75) is 38.4 Å². The van der Waals surface area contributed by atoms with Crippen molar-refractivity contribution < 1.29 is 14.0 Å². The maximum atomic E-state index is 12.2. The van der Waals surface area contributed by atoms with E-state index in [9.17, 15) is 4.79 Å². The van der Waals surface area contributed by atoms with Crippen LogP contribution in [0.2, 0.25) is 19.6 Å². The first-order valence-corrected chi connectivity index (χ1v) is 11.0. The smallest absolute Gasteiger partial charge is 0.410 e. The van der Waals surface area contributed by atoms with Crippen molar-refractivity contribution in [2.24, 2.45) is 5.11 Å². The first-order chi connectivity index (χ1) is 10.9. The van der Waals surface area contributed by atoms with Crippen LogP contribution in [-0.4, -0.2) is 44.5 Å². The average Bonchev–Trinajstić information content (AvgIpc) is 2.87. The van der Waals surface area contributed by atoms with Gasteiger partial charge < -0.3 is 14.1 Å². The van der Waals surface area contributed by atoms with Crippen LogP contribution in [0, 0.1) is 5.53 Å². The van der Waals surface area contributed by atoms with Crippen LogP contribution in [0.5, 0.6) is 0 Å². The molecule has 1 aliphatic rings. The van der Waals surface area contributed by atoms with Crippen molar-refractivity contribution in [3.05, 3.63) is 35.9 Å². The Hall–Kier alpha value is -2.02. The van der Waals surface area contributed by atoms with Gasteiger partial charge in [-0.25, -0.2) is 4.79 Å². The number of likely N-dealkylation sites (tertiary alicyclic amines) is 1. The molecule has 8 heteroatoms. The van der Waals surface area contributed by atoms with Gasteiger partial charge >= 0.3 is 6.09 Å². The van der Waals surface area contributed by atoms with Gasteiger partial charge in [-0.2, -0.15) is 0 Å². The minimum Gasteiger partial charge on any atom is -0.445 e. The lowest BCUT2D eigenvalue weighted by Crippen LogP contribution is -2.38. The Balaban J connectivity index is 1.94. The summed E-state index contributed by atoms with van der Waals surface area (Å²) in [5.74, 6) is 0. The monoisotopic (exact) mass is 335 g/mol. The summed E-state index contributed by atoms with van der Waals surface area (Å²) >= 11 is 0. The van der Waals surface area contributed by atoms with Gasteiger partial charge in [-0.15, -0.1) is 0 Å². The molecule has 0 radical (unpaired) electrons. The van der Waals surface area contributed by atoms with E-state index in [1.807, 2.05) is 30.3 Å². The van der Waals surface area contributed by atoms with Crippen molar-refractivity contribution in [3.63, 3.8) is 0 Å². The van der Waals surface area contributed by atoms with Gasteiger partial charge in [0.2, 0.25) is 4.91 Å². The molecule has 2 atom stereocenters. The van der Waals surface area contributed by atoms with E-state index in [0.717, 1.165) is 5.56 Å². The molecule has 0 bridgehead atoms. The topological polar surface area (TPSA) is 89.1 Å². The number of rotatable bonds is 5. The van der Waals surface area contributed by atoms with Gasteiger partial charge in [-0.1, -0.05) is 30.3 Å². The molecule has 23 heavy (non-hydrogen) atoms. The Morgan fingerprint density at radius 3 is 2.65 bits per heavy atom. The number of carbonyl (C=O) groups excluding carboxylic acids is 1. The fourth-order valence-corrected chi connectivity index (χ4v) is 3.61. The summed E-state index contributed by atoms with van der Waals surface area (Å²) in [6.07, 6.45) is -0.610. The third kappa shape index (κ3) is 5.28. The number of hydrogen-bond acceptors (Lipinski definition) is 5. The minimum atomic E-state index is -1.77. The third-order valence-corrected chi connectivity index (χ3v) is 4.42. The fraction of sp³-hybridized carbons (Fsp3) is 0.533. The second kappa shape index (κ2) is 7.50. The quantitative estimate of drug-likeness (QED) is 0.510. The van der Waals surface area contributed by atoms with Gasteiger partial charge in [0.15, 0.2) is 14.4 Å². The van der Waals surface area contributed by atoms with Crippen LogP contribution >= 0.6 is 0 Å². The molecule has 0 aliphatic carbocycles. The van der Waals surface area contributed by atoms with Crippen LogP contribution in [0.25, 0.3) is 0 Å². The molecular weight excluding hydrogens is 312 g/mol. The van der Waals surface area contributed by atoms with Crippen LogP contribution < -0.4 is 4.91 Å². The Morgan fingerprint density at radius 2 is 2.04 bits per heavy atom. The van der Waals surface area contributed by atoms with E-state index in [1.165, 1.54) is 0 Å². The Bertz CT molecular complexity index is 584. The molecule has 1 aliphatic heterocycles. The summed E-state index contributed by atoms with van der Waals surface area (Å²) < 4.78 is 11.4. The Labute approximate surface area is 136 Å². The molecule has 0 saturated carbocycles. The van der Waals surface area contributed by atoms with Crippen LogP contribution in [0.15, 0.2) is 35.4 Å². The van der Waals surface area contributed by atoms with Crippen LogP contribution in [0.3, 0.4) is 0 Å². The zero-order chi connectivity index (χ0) is 16.9. The van der Waals surface area contributed by atoms with Crippen molar-refractivity contribution in [1.29, 1.82) is 5.53 Å². The van der Waals surface area contributed by atoms with Gasteiger partial charge in [0.05, 0.1) is 19.2 Å². The number of carbonyl (C=O) groups is 1. The number of hydrogen-bond donors (Lipinski definition) is 1. The normalized spacial score (nSPS) is 20.9. The fourth-order valence-electron chi connectivity index (χ4n) is 2.47. The highest BCUT2D eigenvalue weighted by atomic mass is 28.4. The molecule has 1 amide bonds. The van der Waals surface area contributed by atoms with Crippen molar-refractivity contribution in [2.75, 3.05) is 13.1 Å². The number of nitrogens with one attached hydrogen (secondary N) is 1. The summed E-state index contributed by atoms with van der Waals surface area (Å²) in [6.45, 7) is 7.27. The third-order valence-electron chi connectivity index (χ3n) is 3.41. The Kier molecular flexibility index (Phi) is 5.65. The van der Waals surface area contributed by atoms with Gasteiger partial charge in [0.25, 0.3) is 0 Å². The lowest BCUT2D eigenvalue weighted by Gasteiger charge is -2.23. The molecule has 0 aromatic heterocycles. The van der Waals surface area contributed by atoms with Crippen molar-refractivity contribution in [3.8, 4) is 0 Å². The van der Waals surface area contributed by atoms with Crippen molar-refractivity contribution >= 4 is 14.4 Å². The molecular formula is C15H23N4O3Si+. The molecule has 0 unspecified atom stereocenters. The van der Waals surface area contributed by atoms with E-state index in [-0.39, 0.29) is 24.8 Å². The SMILES string of the molecule is C[Si](C)(C)O[C@@H]1CN(C(=O)OCc2ccccc2)C[C@H]1N=[N+]=N. The van der Waals surface area contributed by atoms with E-state index in [0.29, 0.717) is 13.1 Å². The minimum absolute atomic E-state index is 0.222. The second-order valence-electron chi connectivity index (χ2n) is 6.50. The predicted octanol–water partition coefficient (Wildman–Crippen LogP) is 2.78.